The monoisotopic (exact) mass is 287 g/mol. The van der Waals surface area contributed by atoms with Crippen LogP contribution in [0.15, 0.2) is 5.18 Å². The molecule has 114 valence electrons. The van der Waals surface area contributed by atoms with Gasteiger partial charge in [0.25, 0.3) is 0 Å². The summed E-state index contributed by atoms with van der Waals surface area (Å²) in [7, 11) is 0. The van der Waals surface area contributed by atoms with Crippen LogP contribution in [-0.2, 0) is 0 Å². The van der Waals surface area contributed by atoms with Crippen molar-refractivity contribution in [3.05, 3.63) is 4.91 Å². The van der Waals surface area contributed by atoms with Crippen LogP contribution in [0.1, 0.15) is 84.0 Å². The zero-order chi connectivity index (χ0) is 14.0. The highest BCUT2D eigenvalue weighted by atomic mass is 32.2. The number of thioether (sulfide) groups is 1. The van der Waals surface area contributed by atoms with Gasteiger partial charge < -0.3 is 0 Å². The Balaban J connectivity index is 2.89. The smallest absolute Gasteiger partial charge is 0.0811 e. The maximum atomic E-state index is 9.89. The lowest BCUT2D eigenvalue weighted by Crippen LogP contribution is -1.86. The minimum atomic E-state index is 0.509. The number of nitroso groups, excluding NO2 is 1. The lowest BCUT2D eigenvalue weighted by atomic mass is 10.1. The summed E-state index contributed by atoms with van der Waals surface area (Å²) in [6, 6.07) is 0. The third kappa shape index (κ3) is 17.9. The van der Waals surface area contributed by atoms with E-state index in [4.69, 9.17) is 0 Å². The third-order valence-corrected chi connectivity index (χ3v) is 4.59. The Morgan fingerprint density at radius 3 is 1.68 bits per heavy atom. The van der Waals surface area contributed by atoms with E-state index in [1.54, 1.807) is 0 Å². The third-order valence-electron chi connectivity index (χ3n) is 3.43. The molecule has 0 aliphatic rings. The van der Waals surface area contributed by atoms with Gasteiger partial charge in [-0.25, -0.2) is 0 Å². The van der Waals surface area contributed by atoms with Gasteiger partial charge >= 0.3 is 0 Å². The number of hydrogen-bond donors (Lipinski definition) is 0. The fourth-order valence-corrected chi connectivity index (χ4v) is 3.19. The molecule has 0 aromatic rings. The summed E-state index contributed by atoms with van der Waals surface area (Å²) in [6.07, 6.45) is 15.9. The second kappa shape index (κ2) is 17.9. The first kappa shape index (κ1) is 18.9. The molecule has 0 fully saturated rings. The topological polar surface area (TPSA) is 29.4 Å². The molecule has 0 saturated heterocycles. The Kier molecular flexibility index (Phi) is 17.9. The molecule has 0 unspecified atom stereocenters. The van der Waals surface area contributed by atoms with Crippen molar-refractivity contribution in [2.45, 2.75) is 84.0 Å². The van der Waals surface area contributed by atoms with E-state index in [1.807, 2.05) is 0 Å². The van der Waals surface area contributed by atoms with E-state index < -0.39 is 0 Å². The first-order valence-corrected chi connectivity index (χ1v) is 9.44. The van der Waals surface area contributed by atoms with Crippen LogP contribution < -0.4 is 0 Å². The van der Waals surface area contributed by atoms with Gasteiger partial charge in [-0.15, -0.1) is 0 Å². The Morgan fingerprint density at radius 2 is 1.16 bits per heavy atom. The van der Waals surface area contributed by atoms with Crippen LogP contribution in [0.4, 0.5) is 0 Å². The number of rotatable bonds is 16. The minimum Gasteiger partial charge on any atom is -0.162 e. The number of unbranched alkanes of at least 4 members (excludes halogenated alkanes) is 10. The molecule has 0 aliphatic heterocycles. The summed E-state index contributed by atoms with van der Waals surface area (Å²) >= 11 is 2.14. The largest absolute Gasteiger partial charge is 0.162 e. The molecule has 3 heteroatoms. The van der Waals surface area contributed by atoms with Crippen LogP contribution in [0.25, 0.3) is 0 Å². The molecule has 19 heavy (non-hydrogen) atoms. The molecule has 0 atom stereocenters. The fourth-order valence-electron chi connectivity index (χ4n) is 2.17. The molecule has 0 bridgehead atoms. The van der Waals surface area contributed by atoms with Crippen molar-refractivity contribution in [3.8, 4) is 0 Å². The van der Waals surface area contributed by atoms with Crippen molar-refractivity contribution in [3.63, 3.8) is 0 Å². The van der Waals surface area contributed by atoms with E-state index in [0.29, 0.717) is 6.54 Å². The summed E-state index contributed by atoms with van der Waals surface area (Å²) in [6.45, 7) is 2.78. The average Bonchev–Trinajstić information content (AvgIpc) is 2.43. The van der Waals surface area contributed by atoms with E-state index >= 15 is 0 Å². The normalized spacial score (nSPS) is 10.8. The van der Waals surface area contributed by atoms with Crippen LogP contribution in [0.5, 0.6) is 0 Å². The number of hydrogen-bond acceptors (Lipinski definition) is 3. The quantitative estimate of drug-likeness (QED) is 0.250. The van der Waals surface area contributed by atoms with E-state index in [0.717, 1.165) is 6.42 Å². The Hall–Kier alpha value is -0.0500. The highest BCUT2D eigenvalue weighted by Gasteiger charge is 1.94. The van der Waals surface area contributed by atoms with E-state index in [1.165, 1.54) is 82.1 Å². The van der Waals surface area contributed by atoms with Crippen LogP contribution in [0, 0.1) is 4.91 Å². The van der Waals surface area contributed by atoms with Gasteiger partial charge in [0, 0.05) is 0 Å². The highest BCUT2D eigenvalue weighted by Crippen LogP contribution is 2.13. The van der Waals surface area contributed by atoms with Crippen LogP contribution in [0.3, 0.4) is 0 Å². The summed E-state index contributed by atoms with van der Waals surface area (Å²) in [5.41, 5.74) is 0. The first-order valence-electron chi connectivity index (χ1n) is 8.28. The molecule has 0 spiro atoms. The molecular weight excluding hydrogens is 254 g/mol. The van der Waals surface area contributed by atoms with Gasteiger partial charge in [0.2, 0.25) is 0 Å². The minimum absolute atomic E-state index is 0.509. The SMILES string of the molecule is CCCCCCSCCCCCCCCCCN=O. The van der Waals surface area contributed by atoms with Crippen LogP contribution in [-0.4, -0.2) is 18.1 Å². The fraction of sp³-hybridized carbons (Fsp3) is 1.00. The molecule has 0 N–H and O–H groups in total. The Morgan fingerprint density at radius 1 is 0.684 bits per heavy atom. The lowest BCUT2D eigenvalue weighted by Gasteiger charge is -2.02. The van der Waals surface area contributed by atoms with Crippen molar-refractivity contribution in [1.29, 1.82) is 0 Å². The predicted molar refractivity (Wildman–Crippen MR) is 89.1 cm³/mol. The maximum absolute atomic E-state index is 9.89. The van der Waals surface area contributed by atoms with E-state index in [2.05, 4.69) is 23.9 Å². The second-order valence-corrected chi connectivity index (χ2v) is 6.58. The summed E-state index contributed by atoms with van der Waals surface area (Å²) in [5, 5.41) is 2.88. The lowest BCUT2D eigenvalue weighted by molar-refractivity contribution is 0.579. The van der Waals surface area contributed by atoms with Crippen molar-refractivity contribution >= 4 is 11.8 Å². The van der Waals surface area contributed by atoms with Crippen molar-refractivity contribution in [1.82, 2.24) is 0 Å². The maximum Gasteiger partial charge on any atom is 0.0811 e. The molecule has 0 heterocycles. The van der Waals surface area contributed by atoms with Gasteiger partial charge in [-0.1, -0.05) is 69.9 Å². The van der Waals surface area contributed by atoms with Gasteiger partial charge in [-0.2, -0.15) is 16.7 Å². The molecule has 0 amide bonds. The van der Waals surface area contributed by atoms with Crippen molar-refractivity contribution < 1.29 is 0 Å². The van der Waals surface area contributed by atoms with Gasteiger partial charge in [0.15, 0.2) is 0 Å². The summed E-state index contributed by atoms with van der Waals surface area (Å²) < 4.78 is 0. The van der Waals surface area contributed by atoms with Crippen molar-refractivity contribution in [2.24, 2.45) is 5.18 Å². The molecule has 0 aliphatic carbocycles. The highest BCUT2D eigenvalue weighted by molar-refractivity contribution is 7.99. The van der Waals surface area contributed by atoms with Crippen molar-refractivity contribution in [2.75, 3.05) is 18.1 Å². The molecule has 0 rings (SSSR count). The second-order valence-electron chi connectivity index (χ2n) is 5.35. The predicted octanol–water partition coefficient (Wildman–Crippen LogP) is 6.19. The molecule has 0 saturated carbocycles. The molecule has 0 radical (unpaired) electrons. The van der Waals surface area contributed by atoms with Crippen LogP contribution in [0.2, 0.25) is 0 Å². The van der Waals surface area contributed by atoms with Crippen LogP contribution >= 0.6 is 11.8 Å². The summed E-state index contributed by atoms with van der Waals surface area (Å²) in [4.78, 5) is 9.89. The van der Waals surface area contributed by atoms with Gasteiger partial charge in [-0.3, -0.25) is 0 Å². The zero-order valence-corrected chi connectivity index (χ0v) is 13.7. The molecule has 0 aromatic carbocycles. The zero-order valence-electron chi connectivity index (χ0n) is 12.9. The van der Waals surface area contributed by atoms with Gasteiger partial charge in [-0.05, 0) is 30.8 Å². The molecular formula is C16H33NOS. The number of nitrogens with zero attached hydrogens (tertiary/aromatic N) is 1. The Labute approximate surface area is 124 Å². The molecule has 2 nitrogen and oxygen atoms in total. The van der Waals surface area contributed by atoms with Gasteiger partial charge in [0.05, 0.1) is 6.54 Å². The van der Waals surface area contributed by atoms with Gasteiger partial charge in [0.1, 0.15) is 0 Å². The summed E-state index contributed by atoms with van der Waals surface area (Å²) in [5.74, 6) is 2.72. The first-order chi connectivity index (χ1) is 9.41. The standard InChI is InChI=1S/C16H33NOS/c1-2-3-4-12-15-19-16-13-10-8-6-5-7-9-11-14-17-18/h2-16H2,1H3. The van der Waals surface area contributed by atoms with E-state index in [-0.39, 0.29) is 0 Å². The average molecular weight is 288 g/mol. The Bertz CT molecular complexity index is 176. The molecule has 0 aromatic heterocycles. The van der Waals surface area contributed by atoms with E-state index in [9.17, 15) is 4.91 Å².